The van der Waals surface area contributed by atoms with Crippen LogP contribution in [0.5, 0.6) is 0 Å². The minimum atomic E-state index is -4.47. The van der Waals surface area contributed by atoms with Crippen LogP contribution < -0.4 is 0 Å². The lowest BCUT2D eigenvalue weighted by Crippen LogP contribution is -2.42. The highest BCUT2D eigenvalue weighted by molar-refractivity contribution is 7.85. The summed E-state index contributed by atoms with van der Waals surface area (Å²) in [6.07, 6.45) is 0. The van der Waals surface area contributed by atoms with Gasteiger partial charge in [-0.1, -0.05) is 24.3 Å². The van der Waals surface area contributed by atoms with Crippen molar-refractivity contribution in [1.29, 1.82) is 0 Å². The highest BCUT2D eigenvalue weighted by Gasteiger charge is 2.32. The van der Waals surface area contributed by atoms with E-state index in [1.54, 1.807) is 21.1 Å². The van der Waals surface area contributed by atoms with E-state index in [2.05, 4.69) is 0 Å². The van der Waals surface area contributed by atoms with Crippen LogP contribution in [-0.4, -0.2) is 44.4 Å². The van der Waals surface area contributed by atoms with Crippen LogP contribution in [0, 0.1) is 0 Å². The minimum Gasteiger partial charge on any atom is -0.743 e. The Kier molecular flexibility index (Phi) is 3.95. The van der Waals surface area contributed by atoms with Gasteiger partial charge >= 0.3 is 0 Å². The van der Waals surface area contributed by atoms with Gasteiger partial charge in [-0.3, -0.25) is 4.79 Å². The molecule has 0 bridgehead atoms. The average Bonchev–Trinajstić information content (AvgIpc) is 2.13. The molecular weight excluding hydrogens is 254 g/mol. The van der Waals surface area contributed by atoms with E-state index in [1.165, 1.54) is 31.2 Å². The molecule has 0 fully saturated rings. The predicted octanol–water partition coefficient (Wildman–Crippen LogP) is 1.14. The van der Waals surface area contributed by atoms with Gasteiger partial charge < -0.3 is 9.04 Å². The number of carbonyl (C=O) groups excluding carboxylic acids is 1. The van der Waals surface area contributed by atoms with E-state index in [4.69, 9.17) is 0 Å². The molecule has 1 aromatic carbocycles. The van der Waals surface area contributed by atoms with E-state index in [9.17, 15) is 17.8 Å². The lowest BCUT2D eigenvalue weighted by atomic mass is 10.1. The molecule has 0 aliphatic carbocycles. The first-order valence-electron chi connectivity index (χ1n) is 5.40. The Morgan fingerprint density at radius 1 is 1.17 bits per heavy atom. The zero-order chi connectivity index (χ0) is 14.1. The van der Waals surface area contributed by atoms with E-state index >= 15 is 0 Å². The van der Waals surface area contributed by atoms with Crippen molar-refractivity contribution >= 4 is 15.9 Å². The first-order chi connectivity index (χ1) is 8.03. The zero-order valence-corrected chi connectivity index (χ0v) is 11.7. The highest BCUT2D eigenvalue weighted by Crippen LogP contribution is 2.28. The lowest BCUT2D eigenvalue weighted by Gasteiger charge is -2.35. The van der Waals surface area contributed by atoms with Crippen LogP contribution in [0.15, 0.2) is 24.3 Å². The van der Waals surface area contributed by atoms with Crippen molar-refractivity contribution in [1.82, 2.24) is 0 Å². The molecule has 6 heteroatoms. The molecule has 0 aliphatic heterocycles. The van der Waals surface area contributed by atoms with Gasteiger partial charge in [-0.25, -0.2) is 8.42 Å². The Bertz CT molecular complexity index is 540. The molecule has 0 radical (unpaired) electrons. The molecule has 0 N–H and O–H groups in total. The fourth-order valence-electron chi connectivity index (χ4n) is 1.88. The fraction of sp³-hybridized carbons (Fsp3) is 0.417. The van der Waals surface area contributed by atoms with Crippen molar-refractivity contribution in [3.63, 3.8) is 0 Å². The smallest absolute Gasteiger partial charge is 0.204 e. The Morgan fingerprint density at radius 2 is 1.61 bits per heavy atom. The van der Waals surface area contributed by atoms with Crippen LogP contribution in [-0.2, 0) is 10.1 Å². The third kappa shape index (κ3) is 3.38. The minimum absolute atomic E-state index is 0.0226. The van der Waals surface area contributed by atoms with Crippen LogP contribution >= 0.6 is 0 Å². The maximum Gasteiger partial charge on any atom is 0.204 e. The lowest BCUT2D eigenvalue weighted by molar-refractivity contribution is -0.887. The third-order valence-electron chi connectivity index (χ3n) is 2.58. The van der Waals surface area contributed by atoms with Gasteiger partial charge in [0.2, 0.25) is 5.37 Å². The second-order valence-corrected chi connectivity index (χ2v) is 6.57. The number of nitrogens with zero attached hydrogens (tertiary/aromatic N) is 1. The SMILES string of the molecule is CC(=O)c1ccc(C([N+](C)(C)C)S(=O)(=O)[O-])cc1. The maximum atomic E-state index is 11.4. The normalized spacial score (nSPS) is 14.3. The molecule has 1 atom stereocenters. The van der Waals surface area contributed by atoms with Crippen LogP contribution in [0.3, 0.4) is 0 Å². The second-order valence-electron chi connectivity index (χ2n) is 5.14. The average molecular weight is 271 g/mol. The fourth-order valence-corrected chi connectivity index (χ4v) is 3.15. The standard InChI is InChI=1S/C12H17NO4S/c1-9(14)10-5-7-11(8-6-10)12(13(2,3)4)18(15,16)17/h5-8,12H,1-4H3. The summed E-state index contributed by atoms with van der Waals surface area (Å²) in [6.45, 7) is 1.43. The highest BCUT2D eigenvalue weighted by atomic mass is 32.2. The zero-order valence-electron chi connectivity index (χ0n) is 10.9. The van der Waals surface area contributed by atoms with Gasteiger partial charge in [0.05, 0.1) is 21.1 Å². The van der Waals surface area contributed by atoms with Gasteiger partial charge in [0, 0.05) is 11.1 Å². The molecule has 5 nitrogen and oxygen atoms in total. The van der Waals surface area contributed by atoms with Crippen molar-refractivity contribution in [2.24, 2.45) is 0 Å². The van der Waals surface area contributed by atoms with Gasteiger partial charge in [0.1, 0.15) is 0 Å². The van der Waals surface area contributed by atoms with Crippen LogP contribution in [0.4, 0.5) is 0 Å². The molecule has 0 heterocycles. The molecule has 1 rings (SSSR count). The summed E-state index contributed by atoms with van der Waals surface area (Å²) in [4.78, 5) is 11.1. The van der Waals surface area contributed by atoms with Crippen molar-refractivity contribution in [3.8, 4) is 0 Å². The Labute approximate surface area is 107 Å². The van der Waals surface area contributed by atoms with Gasteiger partial charge in [-0.15, -0.1) is 0 Å². The van der Waals surface area contributed by atoms with Gasteiger partial charge in [0.25, 0.3) is 0 Å². The van der Waals surface area contributed by atoms with E-state index in [1.807, 2.05) is 0 Å². The molecule has 0 aliphatic rings. The van der Waals surface area contributed by atoms with E-state index < -0.39 is 15.5 Å². The molecule has 0 amide bonds. The van der Waals surface area contributed by atoms with Crippen molar-refractivity contribution in [2.75, 3.05) is 21.1 Å². The summed E-state index contributed by atoms with van der Waals surface area (Å²) in [5.41, 5.74) is 0.879. The number of benzene rings is 1. The third-order valence-corrected chi connectivity index (χ3v) is 4.03. The number of Topliss-reactive ketones (excluding diaryl/α,β-unsaturated/α-hetero) is 1. The number of hydrogen-bond donors (Lipinski definition) is 0. The molecule has 1 unspecified atom stereocenters. The van der Waals surface area contributed by atoms with Gasteiger partial charge in [0.15, 0.2) is 15.9 Å². The number of ketones is 1. The summed E-state index contributed by atoms with van der Waals surface area (Å²) < 4.78 is 34.1. The predicted molar refractivity (Wildman–Crippen MR) is 66.9 cm³/mol. The van der Waals surface area contributed by atoms with Crippen molar-refractivity contribution < 1.29 is 22.2 Å². The van der Waals surface area contributed by atoms with Gasteiger partial charge in [-0.05, 0) is 6.92 Å². The summed E-state index contributed by atoms with van der Waals surface area (Å²) in [5.74, 6) is -0.103. The van der Waals surface area contributed by atoms with E-state index in [0.29, 0.717) is 11.1 Å². The van der Waals surface area contributed by atoms with Crippen molar-refractivity contribution in [2.45, 2.75) is 12.3 Å². The van der Waals surface area contributed by atoms with Gasteiger partial charge in [-0.2, -0.15) is 0 Å². The summed E-state index contributed by atoms with van der Waals surface area (Å²) in [6, 6.07) is 6.09. The summed E-state index contributed by atoms with van der Waals surface area (Å²) in [5, 5.41) is -1.18. The first-order valence-corrected chi connectivity index (χ1v) is 6.87. The number of quaternary nitrogens is 1. The molecular formula is C12H17NO4S. The van der Waals surface area contributed by atoms with E-state index in [0.717, 1.165) is 0 Å². The molecule has 18 heavy (non-hydrogen) atoms. The molecule has 0 spiro atoms. The quantitative estimate of drug-likeness (QED) is 0.467. The summed E-state index contributed by atoms with van der Waals surface area (Å²) in [7, 11) is 0.442. The molecule has 100 valence electrons. The number of hydrogen-bond acceptors (Lipinski definition) is 4. The maximum absolute atomic E-state index is 11.4. The number of rotatable bonds is 4. The van der Waals surface area contributed by atoms with Crippen LogP contribution in [0.2, 0.25) is 0 Å². The Balaban J connectivity index is 3.28. The topological polar surface area (TPSA) is 74.3 Å². The summed E-state index contributed by atoms with van der Waals surface area (Å²) >= 11 is 0. The first kappa shape index (κ1) is 14.8. The Morgan fingerprint density at radius 3 is 1.89 bits per heavy atom. The largest absolute Gasteiger partial charge is 0.743 e. The van der Waals surface area contributed by atoms with Crippen molar-refractivity contribution in [3.05, 3.63) is 35.4 Å². The van der Waals surface area contributed by atoms with Crippen LogP contribution in [0.25, 0.3) is 0 Å². The second kappa shape index (κ2) is 4.79. The monoisotopic (exact) mass is 271 g/mol. The van der Waals surface area contributed by atoms with E-state index in [-0.39, 0.29) is 10.3 Å². The molecule has 1 aromatic rings. The van der Waals surface area contributed by atoms with Crippen LogP contribution in [0.1, 0.15) is 28.2 Å². The molecule has 0 aromatic heterocycles. The Hall–Kier alpha value is -1.24. The number of carbonyl (C=O) groups is 1. The molecule has 0 saturated heterocycles. The molecule has 0 saturated carbocycles.